The maximum Gasteiger partial charge on any atom is 0.329 e. The van der Waals surface area contributed by atoms with Gasteiger partial charge in [0.1, 0.15) is 17.6 Å². The highest BCUT2D eigenvalue weighted by Gasteiger charge is 2.45. The summed E-state index contributed by atoms with van der Waals surface area (Å²) in [5.41, 5.74) is -2.44. The van der Waals surface area contributed by atoms with Crippen LogP contribution in [0.4, 0.5) is 4.79 Å². The fraction of sp³-hybridized carbons (Fsp3) is 0.692. The van der Waals surface area contributed by atoms with Crippen molar-refractivity contribution in [3.63, 3.8) is 0 Å². The third-order valence-electron chi connectivity index (χ3n) is 3.74. The fourth-order valence-electron chi connectivity index (χ4n) is 2.19. The number of hydrogen-bond acceptors (Lipinski definition) is 4. The van der Waals surface area contributed by atoms with Crippen molar-refractivity contribution in [2.75, 3.05) is 6.54 Å². The third-order valence-corrected chi connectivity index (χ3v) is 3.74. The number of nitrogens with zero attached hydrogens (tertiary/aromatic N) is 1. The molecule has 0 aromatic heterocycles. The molecule has 1 aliphatic rings. The number of aliphatic carboxylic acids is 1. The summed E-state index contributed by atoms with van der Waals surface area (Å²) in [7, 11) is 0. The lowest BCUT2D eigenvalue weighted by Crippen LogP contribution is -2.56. The van der Waals surface area contributed by atoms with Crippen LogP contribution in [0.2, 0.25) is 0 Å². The summed E-state index contributed by atoms with van der Waals surface area (Å²) < 4.78 is 0. The van der Waals surface area contributed by atoms with Crippen LogP contribution in [0.1, 0.15) is 40.5 Å². The zero-order valence-corrected chi connectivity index (χ0v) is 12.6. The van der Waals surface area contributed by atoms with E-state index in [-0.39, 0.29) is 12.8 Å². The van der Waals surface area contributed by atoms with Gasteiger partial charge in [-0.15, -0.1) is 0 Å². The Labute approximate surface area is 122 Å². The van der Waals surface area contributed by atoms with Gasteiger partial charge in [-0.2, -0.15) is 0 Å². The number of nitrogens with one attached hydrogen (secondary N) is 2. The van der Waals surface area contributed by atoms with Gasteiger partial charge >= 0.3 is 12.0 Å². The van der Waals surface area contributed by atoms with Gasteiger partial charge in [0.25, 0.3) is 5.91 Å². The minimum Gasteiger partial charge on any atom is -0.480 e. The summed E-state index contributed by atoms with van der Waals surface area (Å²) in [6.45, 7) is 5.86. The van der Waals surface area contributed by atoms with Crippen molar-refractivity contribution < 1.29 is 24.3 Å². The first-order valence-corrected chi connectivity index (χ1v) is 6.78. The fourth-order valence-corrected chi connectivity index (χ4v) is 2.19. The average molecular weight is 299 g/mol. The molecule has 1 rings (SSSR count). The number of carbonyl (C=O) groups excluding carboxylic acids is 3. The van der Waals surface area contributed by atoms with Gasteiger partial charge in [-0.25, -0.2) is 9.59 Å². The van der Waals surface area contributed by atoms with E-state index in [0.717, 1.165) is 4.90 Å². The zero-order chi connectivity index (χ0) is 16.4. The topological polar surface area (TPSA) is 116 Å². The summed E-state index contributed by atoms with van der Waals surface area (Å²) in [4.78, 5) is 47.7. The van der Waals surface area contributed by atoms with Gasteiger partial charge in [0.15, 0.2) is 0 Å². The maximum atomic E-state index is 12.0. The van der Waals surface area contributed by atoms with E-state index in [0.29, 0.717) is 0 Å². The van der Waals surface area contributed by atoms with E-state index in [1.807, 2.05) is 0 Å². The predicted molar refractivity (Wildman–Crippen MR) is 73.4 cm³/mol. The van der Waals surface area contributed by atoms with E-state index in [2.05, 4.69) is 10.6 Å². The number of rotatable bonds is 6. The Morgan fingerprint density at radius 2 is 1.81 bits per heavy atom. The van der Waals surface area contributed by atoms with Crippen LogP contribution in [0.5, 0.6) is 0 Å². The largest absolute Gasteiger partial charge is 0.480 e. The molecular weight excluding hydrogens is 278 g/mol. The van der Waals surface area contributed by atoms with Crippen LogP contribution in [0.3, 0.4) is 0 Å². The Bertz CT molecular complexity index is 482. The average Bonchev–Trinajstić information content (AvgIpc) is 2.58. The smallest absolute Gasteiger partial charge is 0.329 e. The molecule has 3 N–H and O–H groups in total. The highest BCUT2D eigenvalue weighted by atomic mass is 16.4. The second-order valence-electron chi connectivity index (χ2n) is 5.59. The molecule has 1 fully saturated rings. The molecular formula is C13H21N3O5. The number of carbonyl (C=O) groups is 4. The molecule has 0 aromatic carbocycles. The van der Waals surface area contributed by atoms with Crippen LogP contribution >= 0.6 is 0 Å². The molecule has 4 amide bonds. The first-order chi connectivity index (χ1) is 9.59. The lowest BCUT2D eigenvalue weighted by atomic mass is 9.93. The van der Waals surface area contributed by atoms with Gasteiger partial charge in [0, 0.05) is 0 Å². The van der Waals surface area contributed by atoms with E-state index in [4.69, 9.17) is 0 Å². The molecule has 0 aliphatic carbocycles. The molecule has 1 saturated heterocycles. The van der Waals surface area contributed by atoms with Crippen molar-refractivity contribution in [3.05, 3.63) is 0 Å². The van der Waals surface area contributed by atoms with Crippen LogP contribution in [0, 0.1) is 0 Å². The summed E-state index contributed by atoms with van der Waals surface area (Å²) in [6, 6.07) is -0.658. The zero-order valence-electron chi connectivity index (χ0n) is 12.6. The van der Waals surface area contributed by atoms with Gasteiger partial charge in [-0.05, 0) is 26.7 Å². The Morgan fingerprint density at radius 3 is 2.14 bits per heavy atom. The number of urea groups is 1. The van der Waals surface area contributed by atoms with E-state index < -0.39 is 41.4 Å². The molecule has 1 heterocycles. The van der Waals surface area contributed by atoms with Crippen LogP contribution in [0.15, 0.2) is 0 Å². The Kier molecular flexibility index (Phi) is 4.60. The van der Waals surface area contributed by atoms with Gasteiger partial charge in [0.05, 0.1) is 0 Å². The molecule has 0 bridgehead atoms. The van der Waals surface area contributed by atoms with E-state index in [1.165, 1.54) is 13.8 Å². The number of imide groups is 1. The number of carboxylic acids is 1. The molecule has 118 valence electrons. The molecule has 0 saturated carbocycles. The molecule has 0 spiro atoms. The lowest BCUT2D eigenvalue weighted by molar-refractivity contribution is -0.148. The van der Waals surface area contributed by atoms with Crippen LogP contribution in [-0.4, -0.2) is 51.4 Å². The highest BCUT2D eigenvalue weighted by molar-refractivity contribution is 6.08. The third kappa shape index (κ3) is 3.14. The van der Waals surface area contributed by atoms with Gasteiger partial charge in [-0.1, -0.05) is 13.8 Å². The quantitative estimate of drug-likeness (QED) is 0.600. The predicted octanol–water partition coefficient (Wildman–Crippen LogP) is 0.0764. The maximum absolute atomic E-state index is 12.0. The van der Waals surface area contributed by atoms with Crippen molar-refractivity contribution in [1.82, 2.24) is 15.5 Å². The SMILES string of the molecule is CCC(CC)(NC(=O)CN1C(=O)NC(C)(C)C1=O)C(=O)O. The second-order valence-corrected chi connectivity index (χ2v) is 5.59. The minimum absolute atomic E-state index is 0.205. The highest BCUT2D eigenvalue weighted by Crippen LogP contribution is 2.18. The number of carboxylic acid groups (broad SMARTS) is 1. The first kappa shape index (κ1) is 16.9. The summed E-state index contributed by atoms with van der Waals surface area (Å²) >= 11 is 0. The van der Waals surface area contributed by atoms with Crippen LogP contribution in [-0.2, 0) is 14.4 Å². The Balaban J connectivity index is 2.81. The number of hydrogen-bond donors (Lipinski definition) is 3. The van der Waals surface area contributed by atoms with Crippen molar-refractivity contribution in [2.24, 2.45) is 0 Å². The molecule has 21 heavy (non-hydrogen) atoms. The van der Waals surface area contributed by atoms with Gasteiger partial charge < -0.3 is 15.7 Å². The van der Waals surface area contributed by atoms with Crippen molar-refractivity contribution in [3.8, 4) is 0 Å². The van der Waals surface area contributed by atoms with Crippen LogP contribution < -0.4 is 10.6 Å². The van der Waals surface area contributed by atoms with E-state index in [1.54, 1.807) is 13.8 Å². The molecule has 0 aromatic rings. The van der Waals surface area contributed by atoms with E-state index in [9.17, 15) is 24.3 Å². The van der Waals surface area contributed by atoms with Gasteiger partial charge in [0.2, 0.25) is 5.91 Å². The normalized spacial score (nSPS) is 17.6. The Hall–Kier alpha value is -2.12. The second kappa shape index (κ2) is 5.71. The summed E-state index contributed by atoms with van der Waals surface area (Å²) in [5, 5.41) is 14.1. The first-order valence-electron chi connectivity index (χ1n) is 6.78. The van der Waals surface area contributed by atoms with Crippen molar-refractivity contribution >= 4 is 23.8 Å². The summed E-state index contributed by atoms with van der Waals surface area (Å²) in [5.74, 6) is -2.34. The van der Waals surface area contributed by atoms with Gasteiger partial charge in [-0.3, -0.25) is 14.5 Å². The monoisotopic (exact) mass is 299 g/mol. The van der Waals surface area contributed by atoms with Crippen LogP contribution in [0.25, 0.3) is 0 Å². The molecule has 0 atom stereocenters. The molecule has 8 heteroatoms. The molecule has 0 radical (unpaired) electrons. The standard InChI is InChI=1S/C13H21N3O5/c1-5-13(6-2,10(19)20)14-8(17)7-16-9(18)12(3,4)15-11(16)21/h5-7H2,1-4H3,(H,14,17)(H,15,21)(H,19,20). The molecule has 1 aliphatic heterocycles. The minimum atomic E-state index is -1.38. The molecule has 8 nitrogen and oxygen atoms in total. The van der Waals surface area contributed by atoms with Crippen molar-refractivity contribution in [2.45, 2.75) is 51.6 Å². The van der Waals surface area contributed by atoms with E-state index >= 15 is 0 Å². The molecule has 0 unspecified atom stereocenters. The summed E-state index contributed by atoms with van der Waals surface area (Å²) in [6.07, 6.45) is 0.409. The Morgan fingerprint density at radius 1 is 1.29 bits per heavy atom. The van der Waals surface area contributed by atoms with Crippen molar-refractivity contribution in [1.29, 1.82) is 0 Å². The number of amides is 4. The lowest BCUT2D eigenvalue weighted by Gasteiger charge is -2.28.